The summed E-state index contributed by atoms with van der Waals surface area (Å²) in [5.74, 6) is 1.05. The number of aliphatic hydroxyl groups is 1. The van der Waals surface area contributed by atoms with Gasteiger partial charge in [0, 0.05) is 25.2 Å². The van der Waals surface area contributed by atoms with Crippen molar-refractivity contribution in [3.8, 4) is 23.1 Å². The lowest BCUT2D eigenvalue weighted by Crippen LogP contribution is -2.24. The Hall–Kier alpha value is -2.78. The van der Waals surface area contributed by atoms with Gasteiger partial charge in [-0.15, -0.1) is 0 Å². The third kappa shape index (κ3) is 3.10. The number of nitrogens with zero attached hydrogens (tertiary/aromatic N) is 2. The second kappa shape index (κ2) is 6.78. The fourth-order valence-corrected chi connectivity index (χ4v) is 2.05. The molecule has 6 nitrogen and oxygen atoms in total. The normalized spacial score (nSPS) is 10.1. The van der Waals surface area contributed by atoms with Crippen molar-refractivity contribution >= 4 is 5.69 Å². The van der Waals surface area contributed by atoms with Gasteiger partial charge in [0.1, 0.15) is 17.6 Å². The first-order valence-electron chi connectivity index (χ1n) is 6.65. The molecule has 0 unspecified atom stereocenters. The van der Waals surface area contributed by atoms with E-state index in [4.69, 9.17) is 19.5 Å². The van der Waals surface area contributed by atoms with E-state index in [2.05, 4.69) is 0 Å². The first-order valence-corrected chi connectivity index (χ1v) is 6.65. The topological polar surface area (TPSA) is 86.7 Å². The van der Waals surface area contributed by atoms with Crippen molar-refractivity contribution in [2.24, 2.45) is 0 Å². The number of hydrogen-bond acceptors (Lipinski definition) is 6. The summed E-state index contributed by atoms with van der Waals surface area (Å²) in [5, 5.41) is 18.2. The van der Waals surface area contributed by atoms with Gasteiger partial charge in [-0.2, -0.15) is 5.26 Å². The summed E-state index contributed by atoms with van der Waals surface area (Å²) in [5.41, 5.74) is 0.350. The summed E-state index contributed by atoms with van der Waals surface area (Å²) < 4.78 is 10.3. The summed E-state index contributed by atoms with van der Waals surface area (Å²) in [6.07, 6.45) is 0. The van der Waals surface area contributed by atoms with Crippen LogP contribution in [0.3, 0.4) is 0 Å². The van der Waals surface area contributed by atoms with Gasteiger partial charge in [-0.25, -0.2) is 4.79 Å². The summed E-state index contributed by atoms with van der Waals surface area (Å²) in [4.78, 5) is 13.6. The number of anilines is 1. The third-order valence-electron chi connectivity index (χ3n) is 3.26. The van der Waals surface area contributed by atoms with Crippen LogP contribution in [0.15, 0.2) is 39.5 Å². The van der Waals surface area contributed by atoms with Crippen LogP contribution < -0.4 is 15.3 Å². The van der Waals surface area contributed by atoms with Gasteiger partial charge in [0.15, 0.2) is 5.56 Å². The molecule has 2 rings (SSSR count). The van der Waals surface area contributed by atoms with Gasteiger partial charge in [0.2, 0.25) is 0 Å². The van der Waals surface area contributed by atoms with Crippen LogP contribution in [0.1, 0.15) is 5.56 Å². The predicted molar refractivity (Wildman–Crippen MR) is 82.0 cm³/mol. The third-order valence-corrected chi connectivity index (χ3v) is 3.26. The minimum absolute atomic E-state index is 0.0757. The number of hydrogen-bond donors (Lipinski definition) is 1. The SMILES string of the molecule is COc1ccc(-c2cc(N(C)CCO)c(C#N)c(=O)o2)cc1. The van der Waals surface area contributed by atoms with Crippen LogP contribution in [0.2, 0.25) is 0 Å². The molecule has 0 spiro atoms. The highest BCUT2D eigenvalue weighted by Gasteiger charge is 2.15. The first kappa shape index (κ1) is 15.6. The van der Waals surface area contributed by atoms with Crippen molar-refractivity contribution in [3.63, 3.8) is 0 Å². The molecule has 0 atom stereocenters. The number of nitriles is 1. The summed E-state index contributed by atoms with van der Waals surface area (Å²) in [6.45, 7) is 0.222. The van der Waals surface area contributed by atoms with Gasteiger partial charge in [-0.3, -0.25) is 0 Å². The number of aliphatic hydroxyl groups excluding tert-OH is 1. The molecular weight excluding hydrogens is 284 g/mol. The zero-order valence-electron chi connectivity index (χ0n) is 12.4. The molecule has 2 aromatic rings. The fourth-order valence-electron chi connectivity index (χ4n) is 2.05. The van der Waals surface area contributed by atoms with E-state index >= 15 is 0 Å². The highest BCUT2D eigenvalue weighted by atomic mass is 16.5. The van der Waals surface area contributed by atoms with E-state index in [1.165, 1.54) is 0 Å². The van der Waals surface area contributed by atoms with Crippen LogP contribution in [-0.2, 0) is 0 Å². The fraction of sp³-hybridized carbons (Fsp3) is 0.250. The number of methoxy groups -OCH3 is 1. The molecule has 0 radical (unpaired) electrons. The lowest BCUT2D eigenvalue weighted by molar-refractivity contribution is 0.304. The molecule has 1 N–H and O–H groups in total. The standard InChI is InChI=1S/C16H16N2O4/c1-18(7-8-19)14-9-15(22-16(20)13(14)10-17)11-3-5-12(21-2)6-4-11/h3-6,9,19H,7-8H2,1-2H3. The maximum atomic E-state index is 12.0. The lowest BCUT2D eigenvalue weighted by Gasteiger charge is -2.19. The van der Waals surface area contributed by atoms with Crippen LogP contribution in [0, 0.1) is 11.3 Å². The minimum atomic E-state index is -0.699. The average Bonchev–Trinajstić information content (AvgIpc) is 2.54. The highest BCUT2D eigenvalue weighted by Crippen LogP contribution is 2.26. The van der Waals surface area contributed by atoms with E-state index in [0.717, 1.165) is 0 Å². The largest absolute Gasteiger partial charge is 0.497 e. The molecule has 0 aliphatic heterocycles. The van der Waals surface area contributed by atoms with Crippen molar-refractivity contribution in [3.05, 3.63) is 46.3 Å². The van der Waals surface area contributed by atoms with E-state index in [1.807, 2.05) is 6.07 Å². The number of rotatable bonds is 5. The van der Waals surface area contributed by atoms with E-state index < -0.39 is 5.63 Å². The van der Waals surface area contributed by atoms with Crippen molar-refractivity contribution in [2.45, 2.75) is 0 Å². The van der Waals surface area contributed by atoms with Crippen LogP contribution in [-0.4, -0.2) is 32.4 Å². The Bertz CT molecular complexity index is 744. The molecule has 0 bridgehead atoms. The molecule has 0 aliphatic carbocycles. The van der Waals surface area contributed by atoms with Crippen LogP contribution in [0.25, 0.3) is 11.3 Å². The van der Waals surface area contributed by atoms with Gasteiger partial charge >= 0.3 is 5.63 Å². The second-order valence-electron chi connectivity index (χ2n) is 4.64. The molecule has 1 heterocycles. The molecule has 22 heavy (non-hydrogen) atoms. The van der Waals surface area contributed by atoms with Gasteiger partial charge < -0.3 is 19.2 Å². The molecule has 0 saturated carbocycles. The summed E-state index contributed by atoms with van der Waals surface area (Å²) in [7, 11) is 3.27. The van der Waals surface area contributed by atoms with E-state index in [0.29, 0.717) is 29.3 Å². The highest BCUT2D eigenvalue weighted by molar-refractivity contribution is 5.67. The average molecular weight is 300 g/mol. The minimum Gasteiger partial charge on any atom is -0.497 e. The Morgan fingerprint density at radius 2 is 2.05 bits per heavy atom. The quantitative estimate of drug-likeness (QED) is 0.903. The Kier molecular flexibility index (Phi) is 4.81. The molecular formula is C16H16N2O4. The van der Waals surface area contributed by atoms with Crippen molar-refractivity contribution in [1.82, 2.24) is 0 Å². The van der Waals surface area contributed by atoms with Gasteiger partial charge in [-0.1, -0.05) is 0 Å². The second-order valence-corrected chi connectivity index (χ2v) is 4.64. The maximum absolute atomic E-state index is 12.0. The van der Waals surface area contributed by atoms with Crippen LogP contribution in [0.5, 0.6) is 5.75 Å². The molecule has 114 valence electrons. The molecule has 0 aliphatic rings. The number of likely N-dealkylation sites (N-methyl/N-ethyl adjacent to an activating group) is 1. The molecule has 1 aromatic heterocycles. The van der Waals surface area contributed by atoms with E-state index in [-0.39, 0.29) is 12.2 Å². The summed E-state index contributed by atoms with van der Waals surface area (Å²) >= 11 is 0. The lowest BCUT2D eigenvalue weighted by atomic mass is 10.1. The first-order chi connectivity index (χ1) is 10.6. The van der Waals surface area contributed by atoms with Crippen molar-refractivity contribution in [1.29, 1.82) is 5.26 Å². The number of ether oxygens (including phenoxy) is 1. The van der Waals surface area contributed by atoms with Gasteiger partial charge in [-0.05, 0) is 24.3 Å². The zero-order valence-corrected chi connectivity index (χ0v) is 12.4. The zero-order chi connectivity index (χ0) is 16.1. The molecule has 0 amide bonds. The monoisotopic (exact) mass is 300 g/mol. The van der Waals surface area contributed by atoms with E-state index in [1.54, 1.807) is 49.4 Å². The summed E-state index contributed by atoms with van der Waals surface area (Å²) in [6, 6.07) is 10.5. The van der Waals surface area contributed by atoms with Gasteiger partial charge in [0.25, 0.3) is 0 Å². The Labute approximate surface area is 127 Å². The smallest absolute Gasteiger partial charge is 0.356 e. The Morgan fingerprint density at radius 3 is 2.59 bits per heavy atom. The Balaban J connectivity index is 2.53. The van der Waals surface area contributed by atoms with Crippen LogP contribution >= 0.6 is 0 Å². The predicted octanol–water partition coefficient (Wildman–Crippen LogP) is 1.62. The molecule has 6 heteroatoms. The molecule has 0 saturated heterocycles. The van der Waals surface area contributed by atoms with E-state index in [9.17, 15) is 4.79 Å². The number of benzene rings is 1. The van der Waals surface area contributed by atoms with Crippen molar-refractivity contribution in [2.75, 3.05) is 32.2 Å². The molecule has 1 aromatic carbocycles. The maximum Gasteiger partial charge on any atom is 0.356 e. The van der Waals surface area contributed by atoms with Crippen molar-refractivity contribution < 1.29 is 14.3 Å². The molecule has 0 fully saturated rings. The van der Waals surface area contributed by atoms with Gasteiger partial charge in [0.05, 0.1) is 19.4 Å². The Morgan fingerprint density at radius 1 is 1.36 bits per heavy atom. The van der Waals surface area contributed by atoms with Crippen LogP contribution in [0.4, 0.5) is 5.69 Å².